The van der Waals surface area contributed by atoms with Gasteiger partial charge in [-0.1, -0.05) is 32.9 Å². The monoisotopic (exact) mass is 343 g/mol. The first-order valence-corrected chi connectivity index (χ1v) is 9.28. The van der Waals surface area contributed by atoms with E-state index in [2.05, 4.69) is 27.4 Å². The number of allylic oxidation sites excluding steroid dienone is 3. The minimum atomic E-state index is -0.631. The highest BCUT2D eigenvalue weighted by atomic mass is 16.3. The van der Waals surface area contributed by atoms with Crippen LogP contribution in [0, 0.1) is 22.7 Å². The smallest absolute Gasteiger partial charge is 0.232 e. The molecule has 3 aliphatic rings. The van der Waals surface area contributed by atoms with Gasteiger partial charge in [0.2, 0.25) is 11.6 Å². The summed E-state index contributed by atoms with van der Waals surface area (Å²) >= 11 is 0. The maximum absolute atomic E-state index is 12.4. The lowest BCUT2D eigenvalue weighted by Gasteiger charge is -2.59. The zero-order valence-electron chi connectivity index (χ0n) is 15.5. The Morgan fingerprint density at radius 3 is 2.68 bits per heavy atom. The second kappa shape index (κ2) is 5.86. The van der Waals surface area contributed by atoms with Crippen molar-refractivity contribution in [3.8, 4) is 0 Å². The predicted molar refractivity (Wildman–Crippen MR) is 97.6 cm³/mol. The molecule has 2 fully saturated rings. The van der Waals surface area contributed by atoms with Crippen LogP contribution in [0.2, 0.25) is 0 Å². The number of aliphatic hydroxyl groups is 1. The molecule has 0 spiro atoms. The van der Waals surface area contributed by atoms with Crippen LogP contribution in [0.4, 0.5) is 0 Å². The topological polar surface area (TPSA) is 80.4 Å². The van der Waals surface area contributed by atoms with Crippen molar-refractivity contribution in [2.24, 2.45) is 28.4 Å². The summed E-state index contributed by atoms with van der Waals surface area (Å²) in [6, 6.07) is 0. The molecule has 0 unspecified atom stereocenters. The van der Waals surface area contributed by atoms with E-state index in [0.29, 0.717) is 18.3 Å². The number of Topliss-reactive ketones (excluding diaryl/α,β-unsaturated/α-hetero) is 1. The van der Waals surface area contributed by atoms with Crippen LogP contribution < -0.4 is 5.73 Å². The third kappa shape index (κ3) is 2.57. The summed E-state index contributed by atoms with van der Waals surface area (Å²) in [5, 5.41) is 10.4. The molecule has 4 heteroatoms. The molecule has 3 N–H and O–H groups in total. The summed E-state index contributed by atoms with van der Waals surface area (Å²) in [5.41, 5.74) is 7.15. The molecule has 0 aromatic rings. The van der Waals surface area contributed by atoms with Gasteiger partial charge in [-0.2, -0.15) is 0 Å². The van der Waals surface area contributed by atoms with Crippen molar-refractivity contribution < 1.29 is 14.7 Å². The van der Waals surface area contributed by atoms with Crippen LogP contribution in [0.25, 0.3) is 0 Å². The summed E-state index contributed by atoms with van der Waals surface area (Å²) in [6.07, 6.45) is 6.88. The molecule has 2 saturated carbocycles. The van der Waals surface area contributed by atoms with Crippen molar-refractivity contribution in [3.05, 3.63) is 35.3 Å². The molecule has 0 aromatic heterocycles. The summed E-state index contributed by atoms with van der Waals surface area (Å²) in [6.45, 7) is 11.1. The van der Waals surface area contributed by atoms with Gasteiger partial charge in [0.15, 0.2) is 0 Å². The first-order valence-electron chi connectivity index (χ1n) is 9.28. The molecule has 0 aliphatic heterocycles. The average Bonchev–Trinajstić information content (AvgIpc) is 2.56. The summed E-state index contributed by atoms with van der Waals surface area (Å²) < 4.78 is 0. The maximum Gasteiger partial charge on any atom is 0.232 e. The molecule has 0 amide bonds. The lowest BCUT2D eigenvalue weighted by Crippen LogP contribution is -2.51. The van der Waals surface area contributed by atoms with E-state index in [1.54, 1.807) is 0 Å². The Morgan fingerprint density at radius 2 is 2.00 bits per heavy atom. The Labute approximate surface area is 149 Å². The van der Waals surface area contributed by atoms with Crippen LogP contribution >= 0.6 is 0 Å². The Morgan fingerprint density at radius 1 is 1.32 bits per heavy atom. The van der Waals surface area contributed by atoms with Crippen LogP contribution in [0.15, 0.2) is 35.3 Å². The van der Waals surface area contributed by atoms with E-state index < -0.39 is 11.6 Å². The van der Waals surface area contributed by atoms with Crippen LogP contribution in [0.1, 0.15) is 59.3 Å². The van der Waals surface area contributed by atoms with Gasteiger partial charge in [0, 0.05) is 11.6 Å². The number of fused-ring (bicyclic) bond motifs is 1. The van der Waals surface area contributed by atoms with Crippen LogP contribution in [0.5, 0.6) is 0 Å². The first-order chi connectivity index (χ1) is 11.6. The number of hydrogen-bond acceptors (Lipinski definition) is 4. The quantitative estimate of drug-likeness (QED) is 0.451. The van der Waals surface area contributed by atoms with Crippen LogP contribution in [0.3, 0.4) is 0 Å². The van der Waals surface area contributed by atoms with Crippen LogP contribution in [-0.4, -0.2) is 16.7 Å². The molecule has 4 nitrogen and oxygen atoms in total. The Balaban J connectivity index is 2.03. The van der Waals surface area contributed by atoms with Gasteiger partial charge < -0.3 is 10.8 Å². The van der Waals surface area contributed by atoms with E-state index in [0.717, 1.165) is 38.2 Å². The SMILES string of the molecule is C=C1CCC[C@H]2[C@](C)(CC3=C(O)C(N)=CC(=O)C3=O)[C@@H](C)CC[C@]12C. The zero-order chi connectivity index (χ0) is 18.6. The summed E-state index contributed by atoms with van der Waals surface area (Å²) in [7, 11) is 0. The fourth-order valence-electron chi connectivity index (χ4n) is 5.52. The molecule has 4 atom stereocenters. The average molecular weight is 343 g/mol. The zero-order valence-corrected chi connectivity index (χ0v) is 15.5. The molecule has 0 radical (unpaired) electrons. The van der Waals surface area contributed by atoms with E-state index >= 15 is 0 Å². The maximum atomic E-state index is 12.4. The highest BCUT2D eigenvalue weighted by molar-refractivity contribution is 6.48. The molecular formula is C21H29NO3. The number of nitrogens with two attached hydrogens (primary N) is 1. The van der Waals surface area contributed by atoms with Gasteiger partial charge in [-0.3, -0.25) is 9.59 Å². The fraction of sp³-hybridized carbons (Fsp3) is 0.619. The predicted octanol–water partition coefficient (Wildman–Crippen LogP) is 3.98. The van der Waals surface area contributed by atoms with E-state index in [1.165, 1.54) is 5.57 Å². The number of hydrogen-bond donors (Lipinski definition) is 2. The lowest BCUT2D eigenvalue weighted by atomic mass is 9.46. The normalized spacial score (nSPS) is 39.3. The van der Waals surface area contributed by atoms with Crippen molar-refractivity contribution in [3.63, 3.8) is 0 Å². The number of rotatable bonds is 2. The molecule has 136 valence electrons. The summed E-state index contributed by atoms with van der Waals surface area (Å²) in [5.74, 6) is -0.665. The number of ketones is 2. The van der Waals surface area contributed by atoms with E-state index in [9.17, 15) is 14.7 Å². The third-order valence-electron chi connectivity index (χ3n) is 7.47. The molecule has 3 rings (SSSR count). The molecule has 0 saturated heterocycles. The Hall–Kier alpha value is -1.84. The van der Waals surface area contributed by atoms with Gasteiger partial charge in [0.25, 0.3) is 0 Å². The lowest BCUT2D eigenvalue weighted by molar-refractivity contribution is -0.132. The van der Waals surface area contributed by atoms with Gasteiger partial charge in [0.05, 0.1) is 5.70 Å². The van der Waals surface area contributed by atoms with Gasteiger partial charge in [-0.25, -0.2) is 0 Å². The molecule has 0 bridgehead atoms. The van der Waals surface area contributed by atoms with Gasteiger partial charge in [-0.05, 0) is 61.2 Å². The second-order valence-electron chi connectivity index (χ2n) is 8.71. The first kappa shape index (κ1) is 18.0. The Bertz CT molecular complexity index is 717. The second-order valence-corrected chi connectivity index (χ2v) is 8.71. The minimum absolute atomic E-state index is 0.00229. The van der Waals surface area contributed by atoms with Gasteiger partial charge in [-0.15, -0.1) is 0 Å². The standard InChI is InChI=1S/C21H29NO3/c1-12-6-5-7-17-20(12,3)9-8-13(2)21(17,4)11-14-18(24)15(22)10-16(23)19(14)25/h10,13,17,24H,1,5-9,11,22H2,2-4H3/t13-,17+,20+,21+/m0/s1. The Kier molecular flexibility index (Phi) is 4.21. The molecule has 0 heterocycles. The third-order valence-corrected chi connectivity index (χ3v) is 7.47. The number of carbonyl (C=O) groups is 2. The molecular weight excluding hydrogens is 314 g/mol. The minimum Gasteiger partial charge on any atom is -0.505 e. The molecule has 3 aliphatic carbocycles. The van der Waals surface area contributed by atoms with Crippen LogP contribution in [-0.2, 0) is 9.59 Å². The number of carbonyl (C=O) groups excluding carboxylic acids is 2. The van der Waals surface area contributed by atoms with E-state index in [-0.39, 0.29) is 27.9 Å². The summed E-state index contributed by atoms with van der Waals surface area (Å²) in [4.78, 5) is 24.3. The molecule has 0 aromatic carbocycles. The van der Waals surface area contributed by atoms with Gasteiger partial charge in [0.1, 0.15) is 5.76 Å². The largest absolute Gasteiger partial charge is 0.505 e. The highest BCUT2D eigenvalue weighted by Crippen LogP contribution is 2.63. The van der Waals surface area contributed by atoms with Crippen molar-refractivity contribution in [1.29, 1.82) is 0 Å². The van der Waals surface area contributed by atoms with E-state index in [4.69, 9.17) is 5.73 Å². The number of aliphatic hydroxyl groups excluding tert-OH is 1. The van der Waals surface area contributed by atoms with Crippen molar-refractivity contribution >= 4 is 11.6 Å². The van der Waals surface area contributed by atoms with Crippen molar-refractivity contribution in [2.45, 2.75) is 59.3 Å². The van der Waals surface area contributed by atoms with Gasteiger partial charge >= 0.3 is 0 Å². The fourth-order valence-corrected chi connectivity index (χ4v) is 5.52. The van der Waals surface area contributed by atoms with Crippen molar-refractivity contribution in [1.82, 2.24) is 0 Å². The van der Waals surface area contributed by atoms with Crippen molar-refractivity contribution in [2.75, 3.05) is 0 Å². The van der Waals surface area contributed by atoms with E-state index in [1.807, 2.05) is 0 Å². The molecule has 25 heavy (non-hydrogen) atoms. The highest BCUT2D eigenvalue weighted by Gasteiger charge is 2.54.